The molecule has 0 spiro atoms. The Kier molecular flexibility index (Phi) is 4.21. The third-order valence-electron chi connectivity index (χ3n) is 3.00. The summed E-state index contributed by atoms with van der Waals surface area (Å²) in [7, 11) is 0. The predicted molar refractivity (Wildman–Crippen MR) is 74.6 cm³/mol. The highest BCUT2D eigenvalue weighted by Gasteiger charge is 2.31. The topological polar surface area (TPSA) is 12.0 Å². The lowest BCUT2D eigenvalue weighted by Gasteiger charge is -2.12. The Hall–Kier alpha value is -2.04. The minimum absolute atomic E-state index is 0.129. The molecule has 0 amide bonds. The van der Waals surface area contributed by atoms with Gasteiger partial charge in [-0.05, 0) is 60.9 Å². The normalized spacial score (nSPS) is 11.5. The number of alkyl halides is 3. The average molecular weight is 297 g/mol. The van der Waals surface area contributed by atoms with Crippen LogP contribution in [-0.2, 0) is 12.7 Å². The van der Waals surface area contributed by atoms with Crippen molar-refractivity contribution >= 4 is 5.69 Å². The number of anilines is 1. The Bertz CT molecular complexity index is 627. The Balaban J connectivity index is 2.18. The Morgan fingerprint density at radius 3 is 2.10 bits per heavy atom. The van der Waals surface area contributed by atoms with E-state index in [1.807, 2.05) is 32.0 Å². The van der Waals surface area contributed by atoms with Gasteiger partial charge >= 0.3 is 6.18 Å². The standard InChI is InChI=1S/C16H15F4N/c1-10-3-11(2)5-15(4-10)21-9-12-6-13(16(18,19)20)8-14(17)7-12/h3-8,21H,9H2,1-2H3. The van der Waals surface area contributed by atoms with Gasteiger partial charge in [-0.25, -0.2) is 4.39 Å². The van der Waals surface area contributed by atoms with Crippen molar-refractivity contribution in [2.24, 2.45) is 0 Å². The summed E-state index contributed by atoms with van der Waals surface area (Å²) in [6, 6.07) is 8.33. The van der Waals surface area contributed by atoms with Gasteiger partial charge in [0.25, 0.3) is 0 Å². The summed E-state index contributed by atoms with van der Waals surface area (Å²) in [4.78, 5) is 0. The van der Waals surface area contributed by atoms with Gasteiger partial charge in [-0.2, -0.15) is 13.2 Å². The summed E-state index contributed by atoms with van der Waals surface area (Å²) in [5.41, 5.74) is 2.17. The second kappa shape index (κ2) is 5.76. The fraction of sp³-hybridized carbons (Fsp3) is 0.250. The van der Waals surface area contributed by atoms with E-state index in [4.69, 9.17) is 0 Å². The average Bonchev–Trinajstić information content (AvgIpc) is 2.33. The van der Waals surface area contributed by atoms with Gasteiger partial charge < -0.3 is 5.32 Å². The SMILES string of the molecule is Cc1cc(C)cc(NCc2cc(F)cc(C(F)(F)F)c2)c1. The molecule has 0 aliphatic rings. The quantitative estimate of drug-likeness (QED) is 0.780. The smallest absolute Gasteiger partial charge is 0.381 e. The van der Waals surface area contributed by atoms with Crippen molar-refractivity contribution in [3.05, 3.63) is 64.5 Å². The molecule has 0 unspecified atom stereocenters. The minimum atomic E-state index is -4.54. The molecule has 1 N–H and O–H groups in total. The van der Waals surface area contributed by atoms with E-state index >= 15 is 0 Å². The van der Waals surface area contributed by atoms with E-state index in [9.17, 15) is 17.6 Å². The lowest BCUT2D eigenvalue weighted by Crippen LogP contribution is -2.08. The molecule has 0 aromatic heterocycles. The minimum Gasteiger partial charge on any atom is -0.381 e. The largest absolute Gasteiger partial charge is 0.416 e. The van der Waals surface area contributed by atoms with Crippen LogP contribution in [0.4, 0.5) is 23.2 Å². The van der Waals surface area contributed by atoms with Crippen molar-refractivity contribution in [1.29, 1.82) is 0 Å². The fourth-order valence-corrected chi connectivity index (χ4v) is 2.20. The molecule has 0 bridgehead atoms. The second-order valence-corrected chi connectivity index (χ2v) is 5.08. The molecule has 0 fully saturated rings. The van der Waals surface area contributed by atoms with E-state index in [1.165, 1.54) is 0 Å². The van der Waals surface area contributed by atoms with E-state index in [-0.39, 0.29) is 12.1 Å². The Morgan fingerprint density at radius 1 is 0.905 bits per heavy atom. The molecule has 112 valence electrons. The van der Waals surface area contributed by atoms with Gasteiger partial charge in [0, 0.05) is 12.2 Å². The van der Waals surface area contributed by atoms with Crippen LogP contribution in [0.1, 0.15) is 22.3 Å². The van der Waals surface area contributed by atoms with Crippen molar-refractivity contribution in [2.75, 3.05) is 5.32 Å². The molecule has 2 aromatic carbocycles. The van der Waals surface area contributed by atoms with E-state index < -0.39 is 17.6 Å². The molecule has 0 aliphatic heterocycles. The first-order chi connectivity index (χ1) is 9.74. The molecule has 0 saturated heterocycles. The Labute approximate surface area is 120 Å². The van der Waals surface area contributed by atoms with Crippen LogP contribution >= 0.6 is 0 Å². The highest BCUT2D eigenvalue weighted by molar-refractivity contribution is 5.48. The van der Waals surface area contributed by atoms with Gasteiger partial charge in [0.05, 0.1) is 5.56 Å². The van der Waals surface area contributed by atoms with Crippen LogP contribution in [0.2, 0.25) is 0 Å². The van der Waals surface area contributed by atoms with Gasteiger partial charge in [0.15, 0.2) is 0 Å². The number of rotatable bonds is 3. The molecular formula is C16H15F4N. The Morgan fingerprint density at radius 2 is 1.52 bits per heavy atom. The van der Waals surface area contributed by atoms with Gasteiger partial charge in [-0.3, -0.25) is 0 Å². The molecule has 0 aliphatic carbocycles. The van der Waals surface area contributed by atoms with Gasteiger partial charge in [-0.15, -0.1) is 0 Å². The lowest BCUT2D eigenvalue weighted by molar-refractivity contribution is -0.137. The van der Waals surface area contributed by atoms with Crippen LogP contribution < -0.4 is 5.32 Å². The molecule has 21 heavy (non-hydrogen) atoms. The van der Waals surface area contributed by atoms with E-state index in [0.717, 1.165) is 28.9 Å². The van der Waals surface area contributed by atoms with E-state index in [1.54, 1.807) is 0 Å². The van der Waals surface area contributed by atoms with Crippen LogP contribution in [0.3, 0.4) is 0 Å². The summed E-state index contributed by atoms with van der Waals surface area (Å²) in [6.07, 6.45) is -4.54. The third kappa shape index (κ3) is 4.21. The summed E-state index contributed by atoms with van der Waals surface area (Å²) in [5.74, 6) is -0.887. The van der Waals surface area contributed by atoms with Crippen LogP contribution in [-0.4, -0.2) is 0 Å². The van der Waals surface area contributed by atoms with E-state index in [2.05, 4.69) is 5.32 Å². The number of hydrogen-bond acceptors (Lipinski definition) is 1. The zero-order valence-corrected chi connectivity index (χ0v) is 11.7. The maximum atomic E-state index is 13.3. The van der Waals surface area contributed by atoms with Crippen LogP contribution in [0.25, 0.3) is 0 Å². The monoisotopic (exact) mass is 297 g/mol. The molecule has 0 saturated carbocycles. The lowest BCUT2D eigenvalue weighted by atomic mass is 10.1. The molecule has 1 nitrogen and oxygen atoms in total. The summed E-state index contributed by atoms with van der Waals surface area (Å²) in [6.45, 7) is 3.99. The van der Waals surface area contributed by atoms with Gasteiger partial charge in [0.2, 0.25) is 0 Å². The highest BCUT2D eigenvalue weighted by Crippen LogP contribution is 2.30. The number of halogens is 4. The van der Waals surface area contributed by atoms with Crippen molar-refractivity contribution in [2.45, 2.75) is 26.6 Å². The summed E-state index contributed by atoms with van der Waals surface area (Å²) < 4.78 is 51.2. The number of hydrogen-bond donors (Lipinski definition) is 1. The van der Waals surface area contributed by atoms with E-state index in [0.29, 0.717) is 6.07 Å². The van der Waals surface area contributed by atoms with Crippen LogP contribution in [0.15, 0.2) is 36.4 Å². The first kappa shape index (κ1) is 15.4. The van der Waals surface area contributed by atoms with Crippen molar-refractivity contribution in [1.82, 2.24) is 0 Å². The first-order valence-corrected chi connectivity index (χ1v) is 6.43. The first-order valence-electron chi connectivity index (χ1n) is 6.43. The molecule has 2 aromatic rings. The third-order valence-corrected chi connectivity index (χ3v) is 3.00. The summed E-state index contributed by atoms with van der Waals surface area (Å²) in [5, 5.41) is 3.01. The van der Waals surface area contributed by atoms with Crippen LogP contribution in [0.5, 0.6) is 0 Å². The molecule has 2 rings (SSSR count). The summed E-state index contributed by atoms with van der Waals surface area (Å²) >= 11 is 0. The molecule has 0 radical (unpaired) electrons. The zero-order chi connectivity index (χ0) is 15.6. The van der Waals surface area contributed by atoms with Crippen molar-refractivity contribution in [3.63, 3.8) is 0 Å². The zero-order valence-electron chi connectivity index (χ0n) is 11.7. The fourth-order valence-electron chi connectivity index (χ4n) is 2.20. The number of aryl methyl sites for hydroxylation is 2. The number of nitrogens with one attached hydrogen (secondary N) is 1. The molecule has 0 heterocycles. The molecular weight excluding hydrogens is 282 g/mol. The maximum Gasteiger partial charge on any atom is 0.416 e. The van der Waals surface area contributed by atoms with Crippen molar-refractivity contribution in [3.8, 4) is 0 Å². The van der Waals surface area contributed by atoms with Crippen molar-refractivity contribution < 1.29 is 17.6 Å². The second-order valence-electron chi connectivity index (χ2n) is 5.08. The molecule has 5 heteroatoms. The van der Waals surface area contributed by atoms with Gasteiger partial charge in [0.1, 0.15) is 5.82 Å². The molecule has 0 atom stereocenters. The highest BCUT2D eigenvalue weighted by atomic mass is 19.4. The van der Waals surface area contributed by atoms with Crippen LogP contribution in [0, 0.1) is 19.7 Å². The maximum absolute atomic E-state index is 13.3. The predicted octanol–water partition coefficient (Wildman–Crippen LogP) is 5.07. The number of benzene rings is 2. The van der Waals surface area contributed by atoms with Gasteiger partial charge in [-0.1, -0.05) is 6.07 Å².